The average molecular weight is 319 g/mol. The maximum Gasteiger partial charge on any atom is 0.243 e. The van der Waals surface area contributed by atoms with Crippen molar-refractivity contribution in [1.82, 2.24) is 9.71 Å². The van der Waals surface area contributed by atoms with Crippen molar-refractivity contribution in [2.24, 2.45) is 5.92 Å². The van der Waals surface area contributed by atoms with Gasteiger partial charge >= 0.3 is 0 Å². The molecule has 0 bridgehead atoms. The van der Waals surface area contributed by atoms with Gasteiger partial charge in [0.2, 0.25) is 10.0 Å². The molecule has 0 saturated heterocycles. The Morgan fingerprint density at radius 1 is 1.60 bits per heavy atom. The first-order chi connectivity index (χ1) is 9.32. The van der Waals surface area contributed by atoms with Gasteiger partial charge < -0.3 is 5.11 Å². The Labute approximate surface area is 124 Å². The van der Waals surface area contributed by atoms with Crippen LogP contribution in [-0.4, -0.2) is 30.7 Å². The van der Waals surface area contributed by atoms with Crippen molar-refractivity contribution >= 4 is 21.6 Å². The molecule has 0 spiro atoms. The van der Waals surface area contributed by atoms with E-state index >= 15 is 0 Å². The van der Waals surface area contributed by atoms with E-state index in [9.17, 15) is 13.5 Å². The molecule has 2 N–H and O–H groups in total. The van der Waals surface area contributed by atoms with Crippen LogP contribution in [0, 0.1) is 5.92 Å². The van der Waals surface area contributed by atoms with Gasteiger partial charge in [-0.05, 0) is 24.8 Å². The van der Waals surface area contributed by atoms with E-state index in [1.165, 1.54) is 18.5 Å². The molecule has 0 aromatic carbocycles. The van der Waals surface area contributed by atoms with E-state index in [1.807, 2.05) is 0 Å². The molecular formula is C13H19ClN2O3S. The molecular weight excluding hydrogens is 300 g/mol. The van der Waals surface area contributed by atoms with Crippen molar-refractivity contribution in [1.29, 1.82) is 0 Å². The predicted octanol–water partition coefficient (Wildman–Crippen LogP) is 1.95. The summed E-state index contributed by atoms with van der Waals surface area (Å²) in [5.41, 5.74) is -0.973. The monoisotopic (exact) mass is 318 g/mol. The summed E-state index contributed by atoms with van der Waals surface area (Å²) in [6.45, 7) is 2.07. The average Bonchev–Trinajstić information content (AvgIpc) is 2.37. The van der Waals surface area contributed by atoms with E-state index in [4.69, 9.17) is 11.6 Å². The van der Waals surface area contributed by atoms with E-state index < -0.39 is 15.6 Å². The zero-order chi connectivity index (χ0) is 14.8. The number of rotatable bonds is 4. The number of sulfonamides is 1. The van der Waals surface area contributed by atoms with Gasteiger partial charge in [0.05, 0.1) is 10.6 Å². The van der Waals surface area contributed by atoms with E-state index in [-0.39, 0.29) is 16.5 Å². The molecule has 112 valence electrons. The van der Waals surface area contributed by atoms with Crippen LogP contribution < -0.4 is 4.72 Å². The second-order valence-electron chi connectivity index (χ2n) is 5.56. The highest BCUT2D eigenvalue weighted by Crippen LogP contribution is 2.32. The summed E-state index contributed by atoms with van der Waals surface area (Å²) in [7, 11) is -3.75. The maximum absolute atomic E-state index is 12.2. The van der Waals surface area contributed by atoms with Crippen LogP contribution in [0.5, 0.6) is 0 Å². The smallest absolute Gasteiger partial charge is 0.243 e. The number of pyridine rings is 1. The lowest BCUT2D eigenvalue weighted by molar-refractivity contribution is -0.00751. The second-order valence-corrected chi connectivity index (χ2v) is 7.70. The third-order valence-corrected chi connectivity index (χ3v) is 5.55. The molecule has 20 heavy (non-hydrogen) atoms. The fraction of sp³-hybridized carbons (Fsp3) is 0.615. The summed E-state index contributed by atoms with van der Waals surface area (Å²) >= 11 is 5.87. The number of halogens is 1. The molecule has 1 aliphatic rings. The van der Waals surface area contributed by atoms with Crippen molar-refractivity contribution < 1.29 is 13.5 Å². The van der Waals surface area contributed by atoms with Gasteiger partial charge in [-0.1, -0.05) is 31.4 Å². The molecule has 1 heterocycles. The van der Waals surface area contributed by atoms with Crippen LogP contribution in [0.1, 0.15) is 32.6 Å². The SMILES string of the molecule is CC1CCCC(O)(CNS(=O)(=O)c2cnccc2Cl)C1. The zero-order valence-electron chi connectivity index (χ0n) is 11.3. The lowest BCUT2D eigenvalue weighted by Gasteiger charge is -2.35. The van der Waals surface area contributed by atoms with Gasteiger partial charge in [0.15, 0.2) is 0 Å². The Balaban J connectivity index is 2.08. The molecule has 2 rings (SSSR count). The first kappa shape index (κ1) is 15.7. The van der Waals surface area contributed by atoms with E-state index in [0.717, 1.165) is 12.8 Å². The van der Waals surface area contributed by atoms with Crippen molar-refractivity contribution in [2.75, 3.05) is 6.54 Å². The summed E-state index contributed by atoms with van der Waals surface area (Å²) in [6.07, 6.45) is 5.84. The number of aliphatic hydroxyl groups is 1. The van der Waals surface area contributed by atoms with Gasteiger partial charge in [0.25, 0.3) is 0 Å². The van der Waals surface area contributed by atoms with Crippen molar-refractivity contribution in [2.45, 2.75) is 43.1 Å². The van der Waals surface area contributed by atoms with E-state index in [0.29, 0.717) is 18.8 Å². The first-order valence-corrected chi connectivity index (χ1v) is 8.50. The molecule has 1 aromatic rings. The number of aromatic nitrogens is 1. The largest absolute Gasteiger partial charge is 0.389 e. The van der Waals surface area contributed by atoms with Crippen molar-refractivity contribution in [3.8, 4) is 0 Å². The molecule has 2 atom stereocenters. The summed E-state index contributed by atoms with van der Waals surface area (Å²) in [5.74, 6) is 0.403. The summed E-state index contributed by atoms with van der Waals surface area (Å²) in [6, 6.07) is 1.42. The third kappa shape index (κ3) is 3.69. The minimum absolute atomic E-state index is 0.00486. The van der Waals surface area contributed by atoms with Gasteiger partial charge in [-0.15, -0.1) is 0 Å². The minimum Gasteiger partial charge on any atom is -0.389 e. The maximum atomic E-state index is 12.2. The first-order valence-electron chi connectivity index (χ1n) is 6.64. The Bertz CT molecular complexity index is 579. The highest BCUT2D eigenvalue weighted by Gasteiger charge is 2.34. The van der Waals surface area contributed by atoms with Gasteiger partial charge in [0, 0.05) is 18.9 Å². The number of nitrogens with one attached hydrogen (secondary N) is 1. The van der Waals surface area contributed by atoms with Crippen LogP contribution >= 0.6 is 11.6 Å². The zero-order valence-corrected chi connectivity index (χ0v) is 12.9. The fourth-order valence-electron chi connectivity index (χ4n) is 2.66. The summed E-state index contributed by atoms with van der Waals surface area (Å²) < 4.78 is 26.8. The molecule has 7 heteroatoms. The topological polar surface area (TPSA) is 79.3 Å². The van der Waals surface area contributed by atoms with Gasteiger partial charge in [0.1, 0.15) is 4.90 Å². The summed E-state index contributed by atoms with van der Waals surface area (Å²) in [4.78, 5) is 3.71. The lowest BCUT2D eigenvalue weighted by atomic mass is 9.79. The van der Waals surface area contributed by atoms with E-state index in [1.54, 1.807) is 0 Å². The molecule has 1 saturated carbocycles. The molecule has 1 aliphatic carbocycles. The van der Waals surface area contributed by atoms with E-state index in [2.05, 4.69) is 16.6 Å². The van der Waals surface area contributed by atoms with Crippen LogP contribution in [0.25, 0.3) is 0 Å². The second kappa shape index (κ2) is 5.97. The Morgan fingerprint density at radius 3 is 3.00 bits per heavy atom. The van der Waals surface area contributed by atoms with Crippen LogP contribution in [0.15, 0.2) is 23.4 Å². The van der Waals surface area contributed by atoms with Gasteiger partial charge in [-0.2, -0.15) is 0 Å². The van der Waals surface area contributed by atoms with Crippen molar-refractivity contribution in [3.05, 3.63) is 23.5 Å². The predicted molar refractivity (Wildman–Crippen MR) is 77.0 cm³/mol. The summed E-state index contributed by atoms with van der Waals surface area (Å²) in [5, 5.41) is 10.6. The van der Waals surface area contributed by atoms with Gasteiger partial charge in [-0.25, -0.2) is 13.1 Å². The van der Waals surface area contributed by atoms with Crippen LogP contribution in [-0.2, 0) is 10.0 Å². The van der Waals surface area contributed by atoms with Gasteiger partial charge in [-0.3, -0.25) is 4.98 Å². The molecule has 5 nitrogen and oxygen atoms in total. The van der Waals surface area contributed by atoms with Crippen LogP contribution in [0.2, 0.25) is 5.02 Å². The molecule has 2 unspecified atom stereocenters. The molecule has 1 fully saturated rings. The Morgan fingerprint density at radius 2 is 2.35 bits per heavy atom. The standard InChI is InChI=1S/C13H19ClN2O3S/c1-10-3-2-5-13(17,7-10)9-16-20(18,19)12-8-15-6-4-11(12)14/h4,6,8,10,16-17H,2-3,5,7,9H2,1H3. The van der Waals surface area contributed by atoms with Crippen LogP contribution in [0.4, 0.5) is 0 Å². The fourth-order valence-corrected chi connectivity index (χ4v) is 4.21. The number of nitrogens with zero attached hydrogens (tertiary/aromatic N) is 1. The van der Waals surface area contributed by atoms with Crippen molar-refractivity contribution in [3.63, 3.8) is 0 Å². The molecule has 1 aromatic heterocycles. The highest BCUT2D eigenvalue weighted by molar-refractivity contribution is 7.89. The quantitative estimate of drug-likeness (QED) is 0.889. The Hall–Kier alpha value is -0.690. The minimum atomic E-state index is -3.75. The number of hydrogen-bond donors (Lipinski definition) is 2. The third-order valence-electron chi connectivity index (χ3n) is 3.68. The lowest BCUT2D eigenvalue weighted by Crippen LogP contribution is -2.45. The normalized spacial score (nSPS) is 27.4. The number of hydrogen-bond acceptors (Lipinski definition) is 4. The van der Waals surface area contributed by atoms with Crippen LogP contribution in [0.3, 0.4) is 0 Å². The Kier molecular flexibility index (Phi) is 4.69. The molecule has 0 aliphatic heterocycles. The molecule has 0 amide bonds. The molecule has 0 radical (unpaired) electrons. The highest BCUT2D eigenvalue weighted by atomic mass is 35.5.